The summed E-state index contributed by atoms with van der Waals surface area (Å²) in [6.07, 6.45) is 1.11. The van der Waals surface area contributed by atoms with Gasteiger partial charge in [-0.15, -0.1) is 0 Å². The van der Waals surface area contributed by atoms with Crippen molar-refractivity contribution in [2.75, 3.05) is 23.8 Å². The molecule has 0 saturated carbocycles. The molecule has 110 valence electrons. The Bertz CT molecular complexity index is 665. The molecular weight excluding hydrogens is 371 g/mol. The minimum absolute atomic E-state index is 0.621. The molecule has 21 heavy (non-hydrogen) atoms. The Balaban J connectivity index is 1.77. The predicted octanol–water partition coefficient (Wildman–Crippen LogP) is 5.36. The standard InChI is InChI=1S/C16H15BrCl2N2/c1-21-5-4-11-6-10(2-3-15(11)21)9-20-16-13(18)7-12(17)8-14(16)19/h2-3,6-8,20H,4-5,9H2,1H3. The third-order valence-electron chi connectivity index (χ3n) is 3.75. The van der Waals surface area contributed by atoms with Crippen molar-refractivity contribution in [1.82, 2.24) is 0 Å². The fourth-order valence-electron chi connectivity index (χ4n) is 2.63. The predicted molar refractivity (Wildman–Crippen MR) is 94.9 cm³/mol. The average molecular weight is 386 g/mol. The van der Waals surface area contributed by atoms with Gasteiger partial charge in [0.05, 0.1) is 15.7 Å². The van der Waals surface area contributed by atoms with Gasteiger partial charge < -0.3 is 10.2 Å². The Morgan fingerprint density at radius 3 is 2.62 bits per heavy atom. The number of benzene rings is 2. The number of nitrogens with one attached hydrogen (secondary N) is 1. The quantitative estimate of drug-likeness (QED) is 0.764. The fraction of sp³-hybridized carbons (Fsp3) is 0.250. The highest BCUT2D eigenvalue weighted by Gasteiger charge is 2.15. The summed E-state index contributed by atoms with van der Waals surface area (Å²) in [5.41, 5.74) is 4.75. The maximum Gasteiger partial charge on any atom is 0.0722 e. The molecule has 1 heterocycles. The van der Waals surface area contributed by atoms with Crippen molar-refractivity contribution in [3.05, 3.63) is 56.0 Å². The highest BCUT2D eigenvalue weighted by molar-refractivity contribution is 9.10. The molecule has 2 nitrogen and oxygen atoms in total. The highest BCUT2D eigenvalue weighted by atomic mass is 79.9. The van der Waals surface area contributed by atoms with Crippen LogP contribution in [0.25, 0.3) is 0 Å². The first kappa shape index (κ1) is 15.0. The van der Waals surface area contributed by atoms with Gasteiger partial charge in [-0.3, -0.25) is 0 Å². The van der Waals surface area contributed by atoms with Crippen LogP contribution in [0.3, 0.4) is 0 Å². The number of anilines is 2. The molecule has 0 atom stereocenters. The first-order chi connectivity index (χ1) is 10.0. The van der Waals surface area contributed by atoms with Gasteiger partial charge >= 0.3 is 0 Å². The van der Waals surface area contributed by atoms with Crippen molar-refractivity contribution in [2.24, 2.45) is 0 Å². The van der Waals surface area contributed by atoms with Gasteiger partial charge in [0.2, 0.25) is 0 Å². The van der Waals surface area contributed by atoms with Gasteiger partial charge in [0.15, 0.2) is 0 Å². The van der Waals surface area contributed by atoms with E-state index in [1.54, 1.807) is 0 Å². The lowest BCUT2D eigenvalue weighted by molar-refractivity contribution is 0.955. The van der Waals surface area contributed by atoms with Crippen LogP contribution in [0.2, 0.25) is 10.0 Å². The van der Waals surface area contributed by atoms with Crippen molar-refractivity contribution in [3.63, 3.8) is 0 Å². The molecule has 1 aliphatic heterocycles. The Morgan fingerprint density at radius 1 is 1.19 bits per heavy atom. The van der Waals surface area contributed by atoms with Crippen LogP contribution in [0, 0.1) is 0 Å². The number of hydrogen-bond donors (Lipinski definition) is 1. The molecule has 0 radical (unpaired) electrons. The molecule has 0 aromatic heterocycles. The van der Waals surface area contributed by atoms with E-state index in [0.717, 1.165) is 23.1 Å². The van der Waals surface area contributed by atoms with Gasteiger partial charge in [0.25, 0.3) is 0 Å². The van der Waals surface area contributed by atoms with Crippen molar-refractivity contribution in [2.45, 2.75) is 13.0 Å². The molecule has 0 bridgehead atoms. The maximum atomic E-state index is 6.23. The Labute approximate surface area is 143 Å². The van der Waals surface area contributed by atoms with E-state index in [-0.39, 0.29) is 0 Å². The van der Waals surface area contributed by atoms with Crippen LogP contribution in [0.5, 0.6) is 0 Å². The number of nitrogens with zero attached hydrogens (tertiary/aromatic N) is 1. The Hall–Kier alpha value is -0.900. The van der Waals surface area contributed by atoms with Crippen LogP contribution in [0.1, 0.15) is 11.1 Å². The lowest BCUT2D eigenvalue weighted by Crippen LogP contribution is -2.12. The van der Waals surface area contributed by atoms with Gasteiger partial charge in [-0.25, -0.2) is 0 Å². The average Bonchev–Trinajstić information content (AvgIpc) is 2.79. The van der Waals surface area contributed by atoms with E-state index in [1.807, 2.05) is 12.1 Å². The first-order valence-electron chi connectivity index (χ1n) is 6.76. The molecule has 5 heteroatoms. The Kier molecular flexibility index (Phi) is 4.34. The van der Waals surface area contributed by atoms with Gasteiger partial charge in [-0.1, -0.05) is 51.3 Å². The van der Waals surface area contributed by atoms with Crippen molar-refractivity contribution < 1.29 is 0 Å². The highest BCUT2D eigenvalue weighted by Crippen LogP contribution is 2.34. The summed E-state index contributed by atoms with van der Waals surface area (Å²) >= 11 is 15.8. The van der Waals surface area contributed by atoms with Gasteiger partial charge in [0.1, 0.15) is 0 Å². The van der Waals surface area contributed by atoms with E-state index in [1.165, 1.54) is 16.8 Å². The minimum Gasteiger partial charge on any atom is -0.379 e. The number of rotatable bonds is 3. The largest absolute Gasteiger partial charge is 0.379 e. The Morgan fingerprint density at radius 2 is 1.90 bits per heavy atom. The SMILES string of the molecule is CN1CCc2cc(CNc3c(Cl)cc(Br)cc3Cl)ccc21. The normalized spacial score (nSPS) is 13.4. The molecule has 0 unspecified atom stereocenters. The molecule has 0 spiro atoms. The molecule has 1 N–H and O–H groups in total. The molecule has 0 saturated heterocycles. The summed E-state index contributed by atoms with van der Waals surface area (Å²) in [7, 11) is 2.13. The number of fused-ring (bicyclic) bond motifs is 1. The van der Waals surface area contributed by atoms with E-state index < -0.39 is 0 Å². The molecule has 3 rings (SSSR count). The van der Waals surface area contributed by atoms with Crippen LogP contribution < -0.4 is 10.2 Å². The second-order valence-corrected chi connectivity index (χ2v) is 6.96. The summed E-state index contributed by atoms with van der Waals surface area (Å²) in [5, 5.41) is 4.57. The van der Waals surface area contributed by atoms with Crippen LogP contribution in [-0.2, 0) is 13.0 Å². The molecular formula is C16H15BrCl2N2. The first-order valence-corrected chi connectivity index (χ1v) is 8.31. The topological polar surface area (TPSA) is 15.3 Å². The zero-order valence-electron chi connectivity index (χ0n) is 11.6. The molecule has 0 fully saturated rings. The lowest BCUT2D eigenvalue weighted by Gasteiger charge is -2.14. The van der Waals surface area contributed by atoms with Crippen LogP contribution in [0.4, 0.5) is 11.4 Å². The zero-order valence-corrected chi connectivity index (χ0v) is 14.7. The monoisotopic (exact) mass is 384 g/mol. The van der Waals surface area contributed by atoms with E-state index in [0.29, 0.717) is 16.6 Å². The third kappa shape index (κ3) is 3.15. The lowest BCUT2D eigenvalue weighted by atomic mass is 10.1. The molecule has 2 aromatic carbocycles. The number of hydrogen-bond acceptors (Lipinski definition) is 2. The van der Waals surface area contributed by atoms with Crippen molar-refractivity contribution in [1.29, 1.82) is 0 Å². The van der Waals surface area contributed by atoms with Crippen LogP contribution in [-0.4, -0.2) is 13.6 Å². The minimum atomic E-state index is 0.621. The van der Waals surface area contributed by atoms with E-state index in [2.05, 4.69) is 51.4 Å². The molecule has 2 aromatic rings. The fourth-order valence-corrected chi connectivity index (χ4v) is 3.97. The summed E-state index contributed by atoms with van der Waals surface area (Å²) in [6, 6.07) is 10.3. The van der Waals surface area contributed by atoms with E-state index in [4.69, 9.17) is 23.2 Å². The second kappa shape index (κ2) is 6.07. The molecule has 1 aliphatic rings. The van der Waals surface area contributed by atoms with Crippen LogP contribution in [0.15, 0.2) is 34.8 Å². The van der Waals surface area contributed by atoms with Gasteiger partial charge in [-0.2, -0.15) is 0 Å². The zero-order chi connectivity index (χ0) is 15.0. The number of likely N-dealkylation sites (N-methyl/N-ethyl adjacent to an activating group) is 1. The third-order valence-corrected chi connectivity index (χ3v) is 4.80. The van der Waals surface area contributed by atoms with Crippen LogP contribution >= 0.6 is 39.1 Å². The molecule has 0 amide bonds. The summed E-state index contributed by atoms with van der Waals surface area (Å²) in [4.78, 5) is 2.29. The van der Waals surface area contributed by atoms with Gasteiger partial charge in [-0.05, 0) is 35.7 Å². The van der Waals surface area contributed by atoms with Gasteiger partial charge in [0, 0.05) is 30.3 Å². The number of halogens is 3. The van der Waals surface area contributed by atoms with E-state index in [9.17, 15) is 0 Å². The second-order valence-electron chi connectivity index (χ2n) is 5.23. The maximum absolute atomic E-state index is 6.23. The summed E-state index contributed by atoms with van der Waals surface area (Å²) < 4.78 is 0.878. The smallest absolute Gasteiger partial charge is 0.0722 e. The molecule has 0 aliphatic carbocycles. The summed E-state index contributed by atoms with van der Waals surface area (Å²) in [6.45, 7) is 1.80. The van der Waals surface area contributed by atoms with E-state index >= 15 is 0 Å². The van der Waals surface area contributed by atoms with Crippen molar-refractivity contribution >= 4 is 50.5 Å². The summed E-state index contributed by atoms with van der Waals surface area (Å²) in [5.74, 6) is 0. The van der Waals surface area contributed by atoms with Crippen molar-refractivity contribution in [3.8, 4) is 0 Å².